The van der Waals surface area contributed by atoms with E-state index in [-0.39, 0.29) is 18.6 Å². The fourth-order valence-corrected chi connectivity index (χ4v) is 3.75. The van der Waals surface area contributed by atoms with Gasteiger partial charge in [-0.2, -0.15) is 0 Å². The van der Waals surface area contributed by atoms with E-state index in [2.05, 4.69) is 52.5 Å². The number of hydrogen-bond acceptors (Lipinski definition) is 4. The molecule has 1 fully saturated rings. The van der Waals surface area contributed by atoms with Crippen LogP contribution in [0.4, 0.5) is 5.69 Å². The van der Waals surface area contributed by atoms with E-state index in [0.29, 0.717) is 18.5 Å². The number of carbonyl (C=O) groups is 1. The molecule has 1 atom stereocenters. The van der Waals surface area contributed by atoms with Gasteiger partial charge in [0.25, 0.3) is 5.91 Å². The van der Waals surface area contributed by atoms with Crippen LogP contribution in [0.5, 0.6) is 0 Å². The second-order valence-corrected chi connectivity index (χ2v) is 7.43. The molecular formula is C23H31N3O2. The van der Waals surface area contributed by atoms with Crippen molar-refractivity contribution in [1.29, 1.82) is 0 Å². The maximum atomic E-state index is 12.2. The quantitative estimate of drug-likeness (QED) is 0.656. The van der Waals surface area contributed by atoms with Crippen LogP contribution in [0.2, 0.25) is 0 Å². The van der Waals surface area contributed by atoms with Crippen LogP contribution in [-0.2, 0) is 0 Å². The fraction of sp³-hybridized carbons (Fsp3) is 0.435. The second kappa shape index (κ2) is 10.2. The highest BCUT2D eigenvalue weighted by molar-refractivity contribution is 5.94. The smallest absolute Gasteiger partial charge is 0.251 e. The average molecular weight is 382 g/mol. The monoisotopic (exact) mass is 381 g/mol. The van der Waals surface area contributed by atoms with Crippen molar-refractivity contribution in [1.82, 2.24) is 10.2 Å². The molecule has 1 saturated heterocycles. The summed E-state index contributed by atoms with van der Waals surface area (Å²) < 4.78 is 0. The van der Waals surface area contributed by atoms with E-state index >= 15 is 0 Å². The Hall–Kier alpha value is -2.37. The van der Waals surface area contributed by atoms with Crippen LogP contribution in [0.25, 0.3) is 0 Å². The predicted molar refractivity (Wildman–Crippen MR) is 114 cm³/mol. The first-order chi connectivity index (χ1) is 13.7. The lowest BCUT2D eigenvalue weighted by atomic mass is 10.0. The maximum absolute atomic E-state index is 12.2. The van der Waals surface area contributed by atoms with Gasteiger partial charge in [-0.05, 0) is 62.2 Å². The van der Waals surface area contributed by atoms with E-state index in [1.165, 1.54) is 31.5 Å². The number of benzene rings is 2. The first kappa shape index (κ1) is 20.4. The van der Waals surface area contributed by atoms with Gasteiger partial charge >= 0.3 is 0 Å². The number of likely N-dealkylation sites (N-methyl/N-ethyl adjacent to an activating group) is 1. The van der Waals surface area contributed by atoms with E-state index in [1.54, 1.807) is 0 Å². The van der Waals surface area contributed by atoms with Crippen LogP contribution < -0.4 is 10.2 Å². The summed E-state index contributed by atoms with van der Waals surface area (Å²) in [6.07, 6.45) is 3.14. The Bertz CT molecular complexity index is 727. The Morgan fingerprint density at radius 1 is 1.11 bits per heavy atom. The van der Waals surface area contributed by atoms with Crippen molar-refractivity contribution in [2.24, 2.45) is 0 Å². The number of carbonyl (C=O) groups excluding carboxylic acids is 1. The zero-order valence-electron chi connectivity index (χ0n) is 16.7. The van der Waals surface area contributed by atoms with Crippen molar-refractivity contribution >= 4 is 11.6 Å². The molecular weight excluding hydrogens is 350 g/mol. The molecule has 1 amide bonds. The third-order valence-electron chi connectivity index (χ3n) is 5.44. The van der Waals surface area contributed by atoms with E-state index < -0.39 is 0 Å². The van der Waals surface area contributed by atoms with Crippen molar-refractivity contribution in [2.45, 2.75) is 25.3 Å². The molecule has 2 aromatic rings. The van der Waals surface area contributed by atoms with Crippen LogP contribution in [-0.4, -0.2) is 55.7 Å². The highest BCUT2D eigenvalue weighted by Gasteiger charge is 2.23. The Kier molecular flexibility index (Phi) is 7.46. The second-order valence-electron chi connectivity index (χ2n) is 7.43. The first-order valence-corrected chi connectivity index (χ1v) is 10.2. The lowest BCUT2D eigenvalue weighted by Gasteiger charge is -2.33. The van der Waals surface area contributed by atoms with Gasteiger partial charge in [-0.15, -0.1) is 0 Å². The molecule has 0 aliphatic carbocycles. The Morgan fingerprint density at radius 3 is 2.43 bits per heavy atom. The normalized spacial score (nSPS) is 15.4. The Morgan fingerprint density at radius 2 is 1.79 bits per heavy atom. The molecule has 2 N–H and O–H groups in total. The molecule has 0 radical (unpaired) electrons. The van der Waals surface area contributed by atoms with Crippen molar-refractivity contribution in [3.63, 3.8) is 0 Å². The summed E-state index contributed by atoms with van der Waals surface area (Å²) in [6, 6.07) is 18.7. The summed E-state index contributed by atoms with van der Waals surface area (Å²) in [6.45, 7) is 3.92. The van der Waals surface area contributed by atoms with Crippen LogP contribution in [0.15, 0.2) is 54.6 Å². The number of rotatable bonds is 9. The highest BCUT2D eigenvalue weighted by atomic mass is 16.3. The largest absolute Gasteiger partial charge is 0.396 e. The minimum atomic E-state index is -0.0978. The molecule has 0 saturated carbocycles. The number of nitrogens with zero attached hydrogens (tertiary/aromatic N) is 2. The number of hydrogen-bond donors (Lipinski definition) is 2. The highest BCUT2D eigenvalue weighted by Crippen LogP contribution is 2.28. The standard InChI is InChI=1S/C23H31N3O2/c1-25(21-12-10-20(11-13-21)23(28)24-14-7-17-27)22(18-26-15-5-6-16-26)19-8-3-2-4-9-19/h2-4,8-13,22,27H,5-7,14-18H2,1H3,(H,24,28)/t22-/m1/s1. The molecule has 5 heteroatoms. The van der Waals surface area contributed by atoms with E-state index in [0.717, 1.165) is 12.2 Å². The molecule has 5 nitrogen and oxygen atoms in total. The summed E-state index contributed by atoms with van der Waals surface area (Å²) in [5.41, 5.74) is 3.05. The van der Waals surface area contributed by atoms with Gasteiger partial charge < -0.3 is 20.2 Å². The molecule has 0 aromatic heterocycles. The summed E-state index contributed by atoms with van der Waals surface area (Å²) in [5, 5.41) is 11.7. The summed E-state index contributed by atoms with van der Waals surface area (Å²) in [7, 11) is 2.13. The number of aliphatic hydroxyl groups is 1. The first-order valence-electron chi connectivity index (χ1n) is 10.2. The van der Waals surface area contributed by atoms with Gasteiger partial charge in [-0.1, -0.05) is 30.3 Å². The van der Waals surface area contributed by atoms with Gasteiger partial charge in [0.2, 0.25) is 0 Å². The van der Waals surface area contributed by atoms with Gasteiger partial charge in [0.1, 0.15) is 0 Å². The van der Waals surface area contributed by atoms with Crippen molar-refractivity contribution in [2.75, 3.05) is 44.7 Å². The van der Waals surface area contributed by atoms with E-state index in [4.69, 9.17) is 5.11 Å². The molecule has 1 heterocycles. The number of nitrogens with one attached hydrogen (secondary N) is 1. The topological polar surface area (TPSA) is 55.8 Å². The minimum absolute atomic E-state index is 0.0852. The molecule has 1 aliphatic heterocycles. The molecule has 150 valence electrons. The number of likely N-dealkylation sites (tertiary alicyclic amines) is 1. The summed E-state index contributed by atoms with van der Waals surface area (Å²) in [5.74, 6) is -0.0978. The number of anilines is 1. The lowest BCUT2D eigenvalue weighted by Crippen LogP contribution is -2.35. The minimum Gasteiger partial charge on any atom is -0.396 e. The zero-order valence-corrected chi connectivity index (χ0v) is 16.7. The van der Waals surface area contributed by atoms with Gasteiger partial charge in [0, 0.05) is 38.0 Å². The predicted octanol–water partition coefficient (Wildman–Crippen LogP) is 3.07. The zero-order chi connectivity index (χ0) is 19.8. The van der Waals surface area contributed by atoms with Gasteiger partial charge in [0.05, 0.1) is 6.04 Å². The molecule has 2 aromatic carbocycles. The van der Waals surface area contributed by atoms with Crippen molar-refractivity contribution in [3.8, 4) is 0 Å². The van der Waals surface area contributed by atoms with Crippen LogP contribution in [0.1, 0.15) is 41.2 Å². The molecule has 3 rings (SSSR count). The molecule has 0 unspecified atom stereocenters. The van der Waals surface area contributed by atoms with Gasteiger partial charge in [-0.25, -0.2) is 0 Å². The van der Waals surface area contributed by atoms with E-state index in [9.17, 15) is 4.79 Å². The molecule has 0 spiro atoms. The van der Waals surface area contributed by atoms with E-state index in [1.807, 2.05) is 24.3 Å². The van der Waals surface area contributed by atoms with Crippen molar-refractivity contribution in [3.05, 3.63) is 65.7 Å². The number of aliphatic hydroxyl groups excluding tert-OH is 1. The maximum Gasteiger partial charge on any atom is 0.251 e. The lowest BCUT2D eigenvalue weighted by molar-refractivity contribution is 0.0951. The molecule has 1 aliphatic rings. The van der Waals surface area contributed by atoms with Crippen molar-refractivity contribution < 1.29 is 9.90 Å². The Labute approximate surface area is 168 Å². The third-order valence-corrected chi connectivity index (χ3v) is 5.44. The molecule has 28 heavy (non-hydrogen) atoms. The third kappa shape index (κ3) is 5.33. The van der Waals surface area contributed by atoms with Gasteiger partial charge in [-0.3, -0.25) is 4.79 Å². The van der Waals surface area contributed by atoms with Crippen LogP contribution in [0.3, 0.4) is 0 Å². The van der Waals surface area contributed by atoms with Crippen LogP contribution in [0, 0.1) is 0 Å². The Balaban J connectivity index is 1.72. The van der Waals surface area contributed by atoms with Crippen LogP contribution >= 0.6 is 0 Å². The number of amides is 1. The average Bonchev–Trinajstić information content (AvgIpc) is 3.26. The summed E-state index contributed by atoms with van der Waals surface area (Å²) in [4.78, 5) is 17.0. The summed E-state index contributed by atoms with van der Waals surface area (Å²) >= 11 is 0. The molecule has 0 bridgehead atoms. The van der Waals surface area contributed by atoms with Gasteiger partial charge in [0.15, 0.2) is 0 Å². The SMILES string of the molecule is CN(c1ccc(C(=O)NCCCO)cc1)[C@H](CN1CCCC1)c1ccccc1. The fourth-order valence-electron chi connectivity index (χ4n) is 3.75.